The smallest absolute Gasteiger partial charge is 0.269 e. The Morgan fingerprint density at radius 3 is 2.75 bits per heavy atom. The molecule has 2 heterocycles. The standard InChI is InChI=1S/C22H16N2O3S/c25-19-12-28-11-18-22(19)20(14-5-3-6-15(10-14)24(26)27)21-16-7-2-1-4-13(16)8-9-17(21)23-18/h1-10,20,23H,11-12H2. The fraction of sp³-hybridized carbons (Fsp3) is 0.136. The Bertz CT molecular complexity index is 1190. The minimum absolute atomic E-state index is 0.0394. The number of hydrogen-bond acceptors (Lipinski definition) is 5. The Balaban J connectivity index is 1.83. The molecule has 0 spiro atoms. The van der Waals surface area contributed by atoms with Crippen molar-refractivity contribution in [3.63, 3.8) is 0 Å². The Hall–Kier alpha value is -3.12. The van der Waals surface area contributed by atoms with Crippen molar-refractivity contribution in [2.75, 3.05) is 16.8 Å². The third-order valence-corrected chi connectivity index (χ3v) is 6.31. The van der Waals surface area contributed by atoms with Gasteiger partial charge in [0.2, 0.25) is 0 Å². The molecule has 138 valence electrons. The third kappa shape index (κ3) is 2.60. The maximum atomic E-state index is 12.9. The molecule has 0 saturated carbocycles. The number of anilines is 1. The lowest BCUT2D eigenvalue weighted by molar-refractivity contribution is -0.384. The maximum Gasteiger partial charge on any atom is 0.269 e. The number of ketones is 1. The van der Waals surface area contributed by atoms with Crippen LogP contribution in [0.5, 0.6) is 0 Å². The van der Waals surface area contributed by atoms with Crippen LogP contribution < -0.4 is 5.32 Å². The third-order valence-electron chi connectivity index (χ3n) is 5.35. The molecule has 0 aromatic heterocycles. The van der Waals surface area contributed by atoms with Crippen molar-refractivity contribution in [1.29, 1.82) is 0 Å². The second kappa shape index (κ2) is 6.49. The van der Waals surface area contributed by atoms with Crippen LogP contribution in [0.3, 0.4) is 0 Å². The quantitative estimate of drug-likeness (QED) is 0.501. The van der Waals surface area contributed by atoms with E-state index in [9.17, 15) is 14.9 Å². The van der Waals surface area contributed by atoms with E-state index < -0.39 is 0 Å². The molecule has 0 radical (unpaired) electrons. The molecule has 0 bridgehead atoms. The second-order valence-corrected chi connectivity index (χ2v) is 7.95. The fourth-order valence-electron chi connectivity index (χ4n) is 4.18. The molecule has 5 rings (SSSR count). The topological polar surface area (TPSA) is 72.2 Å². The predicted octanol–water partition coefficient (Wildman–Crippen LogP) is 4.88. The van der Waals surface area contributed by atoms with Crippen LogP contribution in [0.4, 0.5) is 11.4 Å². The number of nitrogens with zero attached hydrogens (tertiary/aromatic N) is 1. The van der Waals surface area contributed by atoms with Crippen LogP contribution >= 0.6 is 11.8 Å². The van der Waals surface area contributed by atoms with Crippen LogP contribution in [0.2, 0.25) is 0 Å². The molecule has 2 aliphatic heterocycles. The summed E-state index contributed by atoms with van der Waals surface area (Å²) >= 11 is 1.59. The van der Waals surface area contributed by atoms with E-state index >= 15 is 0 Å². The number of allylic oxidation sites excluding steroid dienone is 1. The summed E-state index contributed by atoms with van der Waals surface area (Å²) in [6, 6.07) is 18.8. The minimum atomic E-state index is -0.386. The van der Waals surface area contributed by atoms with Crippen LogP contribution in [-0.4, -0.2) is 22.2 Å². The molecule has 0 saturated heterocycles. The van der Waals surface area contributed by atoms with Crippen molar-refractivity contribution in [3.05, 3.63) is 93.2 Å². The number of fused-ring (bicyclic) bond motifs is 3. The lowest BCUT2D eigenvalue weighted by Crippen LogP contribution is -2.29. The Morgan fingerprint density at radius 1 is 1.04 bits per heavy atom. The van der Waals surface area contributed by atoms with Crippen LogP contribution in [0.1, 0.15) is 17.0 Å². The van der Waals surface area contributed by atoms with Crippen molar-refractivity contribution in [3.8, 4) is 0 Å². The van der Waals surface area contributed by atoms with Gasteiger partial charge in [-0.25, -0.2) is 0 Å². The van der Waals surface area contributed by atoms with Gasteiger partial charge in [0.25, 0.3) is 5.69 Å². The van der Waals surface area contributed by atoms with Crippen molar-refractivity contribution < 1.29 is 9.72 Å². The molecular weight excluding hydrogens is 372 g/mol. The normalized spacial score (nSPS) is 18.4. The Morgan fingerprint density at radius 2 is 1.89 bits per heavy atom. The van der Waals surface area contributed by atoms with Crippen LogP contribution in [-0.2, 0) is 4.79 Å². The molecule has 1 N–H and O–H groups in total. The summed E-state index contributed by atoms with van der Waals surface area (Å²) in [7, 11) is 0. The first-order valence-electron chi connectivity index (χ1n) is 9.00. The van der Waals surface area contributed by atoms with Gasteiger partial charge in [0.1, 0.15) is 0 Å². The van der Waals surface area contributed by atoms with Gasteiger partial charge >= 0.3 is 0 Å². The van der Waals surface area contributed by atoms with E-state index in [0.29, 0.717) is 5.75 Å². The van der Waals surface area contributed by atoms with Crippen molar-refractivity contribution in [1.82, 2.24) is 0 Å². The summed E-state index contributed by atoms with van der Waals surface area (Å²) in [5.74, 6) is 0.949. The molecule has 2 aliphatic rings. The maximum absolute atomic E-state index is 12.9. The number of non-ortho nitro benzene ring substituents is 1. The van der Waals surface area contributed by atoms with Gasteiger partial charge < -0.3 is 5.32 Å². The van der Waals surface area contributed by atoms with Crippen molar-refractivity contribution >= 4 is 39.7 Å². The first-order valence-corrected chi connectivity index (χ1v) is 10.2. The van der Waals surface area contributed by atoms with Gasteiger partial charge in [0, 0.05) is 40.8 Å². The fourth-order valence-corrected chi connectivity index (χ4v) is 5.06. The summed E-state index contributed by atoms with van der Waals surface area (Å²) in [4.78, 5) is 23.9. The highest BCUT2D eigenvalue weighted by Gasteiger charge is 2.36. The van der Waals surface area contributed by atoms with E-state index in [0.717, 1.165) is 44.6 Å². The molecule has 0 aliphatic carbocycles. The van der Waals surface area contributed by atoms with Gasteiger partial charge in [-0.15, -0.1) is 11.8 Å². The molecular formula is C22H16N2O3S. The van der Waals surface area contributed by atoms with Gasteiger partial charge in [0.15, 0.2) is 5.78 Å². The number of nitro benzene ring substituents is 1. The molecule has 1 unspecified atom stereocenters. The highest BCUT2D eigenvalue weighted by atomic mass is 32.2. The number of nitrogens with one attached hydrogen (secondary N) is 1. The number of nitro groups is 1. The van der Waals surface area contributed by atoms with E-state index in [1.165, 1.54) is 6.07 Å². The molecule has 6 heteroatoms. The predicted molar refractivity (Wildman–Crippen MR) is 112 cm³/mol. The lowest BCUT2D eigenvalue weighted by Gasteiger charge is -2.34. The zero-order chi connectivity index (χ0) is 19.3. The highest BCUT2D eigenvalue weighted by Crippen LogP contribution is 2.47. The van der Waals surface area contributed by atoms with Gasteiger partial charge in [-0.1, -0.05) is 42.5 Å². The zero-order valence-electron chi connectivity index (χ0n) is 14.8. The first kappa shape index (κ1) is 17.0. The average molecular weight is 388 g/mol. The molecule has 28 heavy (non-hydrogen) atoms. The number of thioether (sulfide) groups is 1. The van der Waals surface area contributed by atoms with Gasteiger partial charge in [-0.3, -0.25) is 14.9 Å². The van der Waals surface area contributed by atoms with Crippen LogP contribution in [0.15, 0.2) is 71.9 Å². The molecule has 1 atom stereocenters. The van der Waals surface area contributed by atoms with Gasteiger partial charge in [0.05, 0.1) is 10.7 Å². The number of benzene rings is 3. The number of carbonyl (C=O) groups is 1. The summed E-state index contributed by atoms with van der Waals surface area (Å²) in [5, 5.41) is 17.0. The monoisotopic (exact) mass is 388 g/mol. The average Bonchev–Trinajstić information content (AvgIpc) is 2.72. The minimum Gasteiger partial charge on any atom is -0.358 e. The van der Waals surface area contributed by atoms with E-state index in [2.05, 4.69) is 11.4 Å². The van der Waals surface area contributed by atoms with Crippen LogP contribution in [0.25, 0.3) is 10.8 Å². The molecule has 3 aromatic carbocycles. The largest absolute Gasteiger partial charge is 0.358 e. The first-order chi connectivity index (χ1) is 13.6. The Kier molecular flexibility index (Phi) is 3.94. The Labute approximate surface area is 165 Å². The molecule has 3 aromatic rings. The van der Waals surface area contributed by atoms with E-state index in [4.69, 9.17) is 0 Å². The summed E-state index contributed by atoms with van der Waals surface area (Å²) in [6.45, 7) is 0. The van der Waals surface area contributed by atoms with Crippen molar-refractivity contribution in [2.45, 2.75) is 5.92 Å². The van der Waals surface area contributed by atoms with E-state index in [1.54, 1.807) is 23.9 Å². The summed E-state index contributed by atoms with van der Waals surface area (Å²) < 4.78 is 0. The summed E-state index contributed by atoms with van der Waals surface area (Å²) in [5.41, 5.74) is 4.45. The van der Waals surface area contributed by atoms with Gasteiger partial charge in [-0.05, 0) is 28.0 Å². The highest BCUT2D eigenvalue weighted by molar-refractivity contribution is 8.00. The molecule has 5 nitrogen and oxygen atoms in total. The van der Waals surface area contributed by atoms with Crippen molar-refractivity contribution in [2.24, 2.45) is 0 Å². The number of hydrogen-bond donors (Lipinski definition) is 1. The molecule has 0 amide bonds. The van der Waals surface area contributed by atoms with E-state index in [-0.39, 0.29) is 22.3 Å². The molecule has 0 fully saturated rings. The SMILES string of the molecule is O=C1CSCC2=C1C(c1cccc([N+](=O)[O-])c1)c1c(ccc3ccccc13)N2. The number of Topliss-reactive ketones (excluding diaryl/α,β-unsaturated/α-hetero) is 1. The van der Waals surface area contributed by atoms with Gasteiger partial charge in [-0.2, -0.15) is 0 Å². The number of rotatable bonds is 2. The lowest BCUT2D eigenvalue weighted by atomic mass is 9.77. The van der Waals surface area contributed by atoms with Crippen LogP contribution in [0, 0.1) is 10.1 Å². The number of carbonyl (C=O) groups excluding carboxylic acids is 1. The second-order valence-electron chi connectivity index (χ2n) is 6.97. The zero-order valence-corrected chi connectivity index (χ0v) is 15.7. The van der Waals surface area contributed by atoms with E-state index in [1.807, 2.05) is 36.4 Å². The summed E-state index contributed by atoms with van der Waals surface area (Å²) in [6.07, 6.45) is 0.